The van der Waals surface area contributed by atoms with Crippen molar-refractivity contribution in [1.82, 2.24) is 9.97 Å². The van der Waals surface area contributed by atoms with Crippen molar-refractivity contribution in [3.8, 4) is 0 Å². The first kappa shape index (κ1) is 5.82. The van der Waals surface area contributed by atoms with Gasteiger partial charge in [-0.2, -0.15) is 0 Å². The summed E-state index contributed by atoms with van der Waals surface area (Å²) in [5.41, 5.74) is 1.22. The summed E-state index contributed by atoms with van der Waals surface area (Å²) in [7, 11) is 0. The van der Waals surface area contributed by atoms with Crippen LogP contribution in [0.4, 0.5) is 0 Å². The summed E-state index contributed by atoms with van der Waals surface area (Å²) in [6.07, 6.45) is 4.26. The van der Waals surface area contributed by atoms with Gasteiger partial charge in [0.2, 0.25) is 0 Å². The van der Waals surface area contributed by atoms with Crippen LogP contribution in [-0.2, 0) is 12.8 Å². The van der Waals surface area contributed by atoms with E-state index in [4.69, 9.17) is 0 Å². The third-order valence-electron chi connectivity index (χ3n) is 1.30. The van der Waals surface area contributed by atoms with Crippen LogP contribution >= 0.6 is 17.0 Å². The SMILES string of the molecule is Br.c1[nH]c2nc1CC2. The molecule has 0 aromatic carbocycles. The summed E-state index contributed by atoms with van der Waals surface area (Å²) in [6, 6.07) is 0. The highest BCUT2D eigenvalue weighted by molar-refractivity contribution is 8.93. The fraction of sp³-hybridized carbons (Fsp3) is 0.400. The molecule has 0 fully saturated rings. The van der Waals surface area contributed by atoms with Crippen LogP contribution < -0.4 is 0 Å². The minimum Gasteiger partial charge on any atom is -0.348 e. The lowest BCUT2D eigenvalue weighted by molar-refractivity contribution is 0.935. The second-order valence-corrected chi connectivity index (χ2v) is 1.84. The Balaban J connectivity index is 0.000000320. The van der Waals surface area contributed by atoms with Crippen LogP contribution in [0.2, 0.25) is 0 Å². The molecule has 3 heteroatoms. The molecule has 0 amide bonds. The molecule has 1 N–H and O–H groups in total. The zero-order chi connectivity index (χ0) is 4.69. The fourth-order valence-corrected chi connectivity index (χ4v) is 0.907. The zero-order valence-electron chi connectivity index (χ0n) is 4.35. The minimum absolute atomic E-state index is 0. The number of hydrogen-bond acceptors (Lipinski definition) is 1. The van der Waals surface area contributed by atoms with Crippen molar-refractivity contribution in [2.24, 2.45) is 0 Å². The lowest BCUT2D eigenvalue weighted by atomic mass is 10.3. The molecule has 0 aliphatic carbocycles. The highest BCUT2D eigenvalue weighted by Gasteiger charge is 2.07. The van der Waals surface area contributed by atoms with E-state index < -0.39 is 0 Å². The van der Waals surface area contributed by atoms with Crippen LogP contribution in [0.25, 0.3) is 0 Å². The zero-order valence-corrected chi connectivity index (χ0v) is 6.06. The highest BCUT2D eigenvalue weighted by atomic mass is 79.9. The van der Waals surface area contributed by atoms with Gasteiger partial charge in [-0.05, 0) is 6.42 Å². The van der Waals surface area contributed by atoms with Gasteiger partial charge in [-0.3, -0.25) is 0 Å². The molecule has 2 bridgehead atoms. The third-order valence-corrected chi connectivity index (χ3v) is 1.30. The van der Waals surface area contributed by atoms with Crippen molar-refractivity contribution in [1.29, 1.82) is 0 Å². The molecule has 0 radical (unpaired) electrons. The average molecular weight is 175 g/mol. The van der Waals surface area contributed by atoms with Crippen molar-refractivity contribution in [3.05, 3.63) is 17.7 Å². The number of aromatic nitrogens is 2. The first-order chi connectivity index (χ1) is 3.45. The lowest BCUT2D eigenvalue weighted by Crippen LogP contribution is -1.85. The first-order valence-electron chi connectivity index (χ1n) is 2.48. The maximum Gasteiger partial charge on any atom is 0.106 e. The Morgan fingerprint density at radius 3 is 2.50 bits per heavy atom. The van der Waals surface area contributed by atoms with Gasteiger partial charge in [0.1, 0.15) is 5.82 Å². The monoisotopic (exact) mass is 174 g/mol. The molecule has 0 spiro atoms. The number of H-pyrrole nitrogens is 1. The molecule has 1 aliphatic heterocycles. The average Bonchev–Trinajstić information content (AvgIpc) is 2.22. The second-order valence-electron chi connectivity index (χ2n) is 1.84. The maximum absolute atomic E-state index is 4.17. The minimum atomic E-state index is 0. The summed E-state index contributed by atoms with van der Waals surface area (Å²) in [4.78, 5) is 7.21. The summed E-state index contributed by atoms with van der Waals surface area (Å²) in [6.45, 7) is 0. The molecule has 1 aliphatic rings. The maximum atomic E-state index is 4.17. The van der Waals surface area contributed by atoms with Gasteiger partial charge in [0.05, 0.1) is 5.69 Å². The molecular formula is C5H7BrN2. The van der Waals surface area contributed by atoms with Crippen LogP contribution in [-0.4, -0.2) is 9.97 Å². The Hall–Kier alpha value is -0.310. The number of nitrogens with one attached hydrogen (secondary N) is 1. The van der Waals surface area contributed by atoms with Crippen LogP contribution in [0.15, 0.2) is 6.20 Å². The molecule has 0 unspecified atom stereocenters. The molecule has 0 atom stereocenters. The Morgan fingerprint density at radius 2 is 2.38 bits per heavy atom. The van der Waals surface area contributed by atoms with E-state index in [0.717, 1.165) is 18.7 Å². The molecular weight excluding hydrogens is 168 g/mol. The van der Waals surface area contributed by atoms with Crippen molar-refractivity contribution >= 4 is 17.0 Å². The van der Waals surface area contributed by atoms with Crippen LogP contribution in [0, 0.1) is 0 Å². The fourth-order valence-electron chi connectivity index (χ4n) is 0.907. The molecule has 1 aromatic rings. The quantitative estimate of drug-likeness (QED) is 0.628. The Labute approximate surface area is 58.1 Å². The van der Waals surface area contributed by atoms with E-state index in [2.05, 4.69) is 9.97 Å². The third kappa shape index (κ3) is 0.668. The Morgan fingerprint density at radius 1 is 1.50 bits per heavy atom. The molecule has 1 aromatic heterocycles. The molecule has 44 valence electrons. The summed E-state index contributed by atoms with van der Waals surface area (Å²) in [5.74, 6) is 1.15. The molecule has 0 saturated heterocycles. The van der Waals surface area contributed by atoms with E-state index in [1.54, 1.807) is 0 Å². The van der Waals surface area contributed by atoms with Gasteiger partial charge in [-0.25, -0.2) is 4.98 Å². The van der Waals surface area contributed by atoms with E-state index in [9.17, 15) is 0 Å². The largest absolute Gasteiger partial charge is 0.348 e. The van der Waals surface area contributed by atoms with Crippen molar-refractivity contribution in [2.45, 2.75) is 12.8 Å². The van der Waals surface area contributed by atoms with Gasteiger partial charge >= 0.3 is 0 Å². The number of imidazole rings is 1. The summed E-state index contributed by atoms with van der Waals surface area (Å²) < 4.78 is 0. The van der Waals surface area contributed by atoms with Gasteiger partial charge in [0, 0.05) is 12.6 Å². The van der Waals surface area contributed by atoms with Crippen LogP contribution in [0.5, 0.6) is 0 Å². The molecule has 2 nitrogen and oxygen atoms in total. The van der Waals surface area contributed by atoms with Gasteiger partial charge in [-0.15, -0.1) is 17.0 Å². The normalized spacial score (nSPS) is 13.5. The molecule has 2 heterocycles. The van der Waals surface area contributed by atoms with Crippen molar-refractivity contribution in [2.75, 3.05) is 0 Å². The number of halogens is 1. The number of rotatable bonds is 0. The number of aromatic amines is 1. The van der Waals surface area contributed by atoms with E-state index in [0.29, 0.717) is 0 Å². The van der Waals surface area contributed by atoms with Gasteiger partial charge in [0.15, 0.2) is 0 Å². The number of fused-ring (bicyclic) bond motifs is 2. The highest BCUT2D eigenvalue weighted by Crippen LogP contribution is 2.08. The summed E-state index contributed by atoms with van der Waals surface area (Å²) in [5, 5.41) is 0. The van der Waals surface area contributed by atoms with Crippen LogP contribution in [0.3, 0.4) is 0 Å². The molecule has 0 saturated carbocycles. The summed E-state index contributed by atoms with van der Waals surface area (Å²) >= 11 is 0. The molecule has 8 heavy (non-hydrogen) atoms. The van der Waals surface area contributed by atoms with E-state index in [-0.39, 0.29) is 17.0 Å². The topological polar surface area (TPSA) is 28.7 Å². The van der Waals surface area contributed by atoms with E-state index in [1.165, 1.54) is 5.69 Å². The Bertz CT molecular complexity index is 164. The van der Waals surface area contributed by atoms with Gasteiger partial charge < -0.3 is 4.98 Å². The Kier molecular flexibility index (Phi) is 1.38. The van der Waals surface area contributed by atoms with Crippen molar-refractivity contribution < 1.29 is 0 Å². The predicted octanol–water partition coefficient (Wildman–Crippen LogP) is 1.09. The van der Waals surface area contributed by atoms with Gasteiger partial charge in [-0.1, -0.05) is 0 Å². The van der Waals surface area contributed by atoms with Crippen LogP contribution in [0.1, 0.15) is 11.5 Å². The van der Waals surface area contributed by atoms with Crippen molar-refractivity contribution in [3.63, 3.8) is 0 Å². The number of nitrogens with zero attached hydrogens (tertiary/aromatic N) is 1. The molecule has 2 rings (SSSR count). The van der Waals surface area contributed by atoms with E-state index in [1.807, 2.05) is 6.20 Å². The lowest BCUT2D eigenvalue weighted by Gasteiger charge is -1.85. The van der Waals surface area contributed by atoms with Gasteiger partial charge in [0.25, 0.3) is 0 Å². The second kappa shape index (κ2) is 1.90. The predicted molar refractivity (Wildman–Crippen MR) is 36.3 cm³/mol. The number of hydrogen-bond donors (Lipinski definition) is 1. The first-order valence-corrected chi connectivity index (χ1v) is 2.48. The smallest absolute Gasteiger partial charge is 0.106 e. The van der Waals surface area contributed by atoms with E-state index >= 15 is 0 Å². The standard InChI is InChI=1S/C5H6N2.BrH/c1-2-5-6-3-4(1)7-5;/h3H,1-2H2,(H,6,7);1H. The number of aryl methyl sites for hydroxylation is 2.